The molecule has 0 bridgehead atoms. The molecule has 0 saturated carbocycles. The van der Waals surface area contributed by atoms with Crippen LogP contribution in [0.25, 0.3) is 0 Å². The normalized spacial score (nSPS) is 14.5. The largest absolute Gasteiger partial charge is 0.488 e. The third-order valence-electron chi connectivity index (χ3n) is 2.49. The van der Waals surface area contributed by atoms with E-state index in [9.17, 15) is 0 Å². The number of hydrogen-bond donors (Lipinski definition) is 1. The van der Waals surface area contributed by atoms with Crippen LogP contribution in [0.1, 0.15) is 31.9 Å². The van der Waals surface area contributed by atoms with E-state index in [4.69, 9.17) is 15.2 Å². The van der Waals surface area contributed by atoms with E-state index >= 15 is 0 Å². The lowest BCUT2D eigenvalue weighted by atomic mass is 10.1. The van der Waals surface area contributed by atoms with Crippen molar-refractivity contribution in [3.05, 3.63) is 29.8 Å². The van der Waals surface area contributed by atoms with Crippen molar-refractivity contribution in [3.8, 4) is 5.75 Å². The van der Waals surface area contributed by atoms with E-state index in [0.29, 0.717) is 6.61 Å². The van der Waals surface area contributed by atoms with Gasteiger partial charge < -0.3 is 15.2 Å². The average molecular weight is 223 g/mol. The predicted molar refractivity (Wildman–Crippen MR) is 65.6 cm³/mol. The first-order valence-corrected chi connectivity index (χ1v) is 5.68. The summed E-state index contributed by atoms with van der Waals surface area (Å²) >= 11 is 0. The minimum Gasteiger partial charge on any atom is -0.488 e. The standard InChI is InChI=1S/C13H21NO2/c1-4-13(14)11-5-7-12(8-6-11)16-10(2)9-15-3/h5-8,10,13H,4,9,14H2,1-3H3. The van der Waals surface area contributed by atoms with Gasteiger partial charge >= 0.3 is 0 Å². The number of hydrogen-bond acceptors (Lipinski definition) is 3. The van der Waals surface area contributed by atoms with Crippen LogP contribution in [0.2, 0.25) is 0 Å². The van der Waals surface area contributed by atoms with Gasteiger partial charge in [-0.15, -0.1) is 0 Å². The first kappa shape index (κ1) is 13.0. The van der Waals surface area contributed by atoms with Gasteiger partial charge in [0.1, 0.15) is 11.9 Å². The topological polar surface area (TPSA) is 44.5 Å². The second kappa shape index (κ2) is 6.51. The molecule has 0 spiro atoms. The first-order chi connectivity index (χ1) is 7.67. The molecule has 3 heteroatoms. The summed E-state index contributed by atoms with van der Waals surface area (Å²) in [7, 11) is 1.67. The zero-order chi connectivity index (χ0) is 12.0. The van der Waals surface area contributed by atoms with Gasteiger partial charge in [-0.1, -0.05) is 19.1 Å². The summed E-state index contributed by atoms with van der Waals surface area (Å²) in [6.45, 7) is 4.65. The summed E-state index contributed by atoms with van der Waals surface area (Å²) in [5.41, 5.74) is 7.08. The first-order valence-electron chi connectivity index (χ1n) is 5.68. The Balaban J connectivity index is 2.57. The Labute approximate surface area is 97.6 Å². The molecule has 0 aromatic heterocycles. The predicted octanol–water partition coefficient (Wildman–Crippen LogP) is 2.51. The van der Waals surface area contributed by atoms with Crippen LogP contribution in [-0.4, -0.2) is 19.8 Å². The molecular weight excluding hydrogens is 202 g/mol. The average Bonchev–Trinajstić information content (AvgIpc) is 2.29. The summed E-state index contributed by atoms with van der Waals surface area (Å²) in [6.07, 6.45) is 1.01. The van der Waals surface area contributed by atoms with Crippen LogP contribution in [0, 0.1) is 0 Å². The van der Waals surface area contributed by atoms with Crippen molar-refractivity contribution in [1.82, 2.24) is 0 Å². The van der Waals surface area contributed by atoms with E-state index in [1.165, 1.54) is 0 Å². The molecule has 0 amide bonds. The molecule has 0 heterocycles. The summed E-state index contributed by atoms with van der Waals surface area (Å²) in [5, 5.41) is 0. The number of rotatable bonds is 6. The third kappa shape index (κ3) is 3.83. The van der Waals surface area contributed by atoms with Gasteiger partial charge in [0.2, 0.25) is 0 Å². The van der Waals surface area contributed by atoms with Crippen LogP contribution in [0.5, 0.6) is 5.75 Å². The summed E-state index contributed by atoms with van der Waals surface area (Å²) in [5.74, 6) is 0.858. The molecule has 0 aliphatic carbocycles. The highest BCUT2D eigenvalue weighted by Crippen LogP contribution is 2.19. The fourth-order valence-electron chi connectivity index (χ4n) is 1.53. The van der Waals surface area contributed by atoms with Crippen LogP contribution in [-0.2, 0) is 4.74 Å². The van der Waals surface area contributed by atoms with Gasteiger partial charge in [0.15, 0.2) is 0 Å². The van der Waals surface area contributed by atoms with Crippen LogP contribution in [0.3, 0.4) is 0 Å². The van der Waals surface area contributed by atoms with Crippen molar-refractivity contribution in [3.63, 3.8) is 0 Å². The van der Waals surface area contributed by atoms with E-state index in [2.05, 4.69) is 6.92 Å². The Morgan fingerprint density at radius 1 is 1.25 bits per heavy atom. The third-order valence-corrected chi connectivity index (χ3v) is 2.49. The van der Waals surface area contributed by atoms with Crippen molar-refractivity contribution in [2.24, 2.45) is 5.73 Å². The van der Waals surface area contributed by atoms with Gasteiger partial charge in [0, 0.05) is 13.2 Å². The number of nitrogens with two attached hydrogens (primary N) is 1. The van der Waals surface area contributed by atoms with E-state index in [1.54, 1.807) is 7.11 Å². The summed E-state index contributed by atoms with van der Waals surface area (Å²) in [6, 6.07) is 8.06. The lowest BCUT2D eigenvalue weighted by Crippen LogP contribution is -2.18. The molecule has 3 nitrogen and oxygen atoms in total. The molecule has 0 fully saturated rings. The lowest BCUT2D eigenvalue weighted by Gasteiger charge is -2.15. The second-order valence-corrected chi connectivity index (χ2v) is 3.97. The molecular formula is C13H21NO2. The van der Waals surface area contributed by atoms with Gasteiger partial charge in [-0.3, -0.25) is 0 Å². The van der Waals surface area contributed by atoms with Crippen molar-refractivity contribution in [2.75, 3.05) is 13.7 Å². The summed E-state index contributed by atoms with van der Waals surface area (Å²) in [4.78, 5) is 0. The van der Waals surface area contributed by atoms with Crippen molar-refractivity contribution < 1.29 is 9.47 Å². The Morgan fingerprint density at radius 2 is 1.88 bits per heavy atom. The Hall–Kier alpha value is -1.06. The molecule has 16 heavy (non-hydrogen) atoms. The minimum absolute atomic E-state index is 0.0655. The number of methoxy groups -OCH3 is 1. The molecule has 1 aromatic carbocycles. The van der Waals surface area contributed by atoms with Crippen molar-refractivity contribution in [1.29, 1.82) is 0 Å². The zero-order valence-electron chi connectivity index (χ0n) is 10.3. The molecule has 0 saturated heterocycles. The molecule has 0 aliphatic heterocycles. The van der Waals surface area contributed by atoms with Gasteiger partial charge in [-0.2, -0.15) is 0 Å². The molecule has 1 rings (SSSR count). The van der Waals surface area contributed by atoms with Gasteiger partial charge in [-0.05, 0) is 31.0 Å². The molecule has 1 aromatic rings. The van der Waals surface area contributed by atoms with E-state index in [1.807, 2.05) is 31.2 Å². The van der Waals surface area contributed by atoms with Gasteiger partial charge in [0.05, 0.1) is 6.61 Å². The molecule has 2 N–H and O–H groups in total. The fraction of sp³-hybridized carbons (Fsp3) is 0.538. The van der Waals surface area contributed by atoms with Crippen molar-refractivity contribution >= 4 is 0 Å². The summed E-state index contributed by atoms with van der Waals surface area (Å²) < 4.78 is 10.7. The maximum Gasteiger partial charge on any atom is 0.119 e. The maximum absolute atomic E-state index is 5.93. The molecule has 2 unspecified atom stereocenters. The second-order valence-electron chi connectivity index (χ2n) is 3.97. The monoisotopic (exact) mass is 223 g/mol. The highest BCUT2D eigenvalue weighted by molar-refractivity contribution is 5.29. The SMILES string of the molecule is CCC(N)c1ccc(OC(C)COC)cc1. The van der Waals surface area contributed by atoms with Crippen LogP contribution >= 0.6 is 0 Å². The van der Waals surface area contributed by atoms with Gasteiger partial charge in [0.25, 0.3) is 0 Å². The van der Waals surface area contributed by atoms with Gasteiger partial charge in [-0.25, -0.2) is 0 Å². The molecule has 0 radical (unpaired) electrons. The Bertz CT molecular complexity index is 297. The fourth-order valence-corrected chi connectivity index (χ4v) is 1.53. The van der Waals surface area contributed by atoms with E-state index in [-0.39, 0.29) is 12.1 Å². The zero-order valence-corrected chi connectivity index (χ0v) is 10.3. The highest BCUT2D eigenvalue weighted by Gasteiger charge is 2.05. The number of benzene rings is 1. The van der Waals surface area contributed by atoms with E-state index < -0.39 is 0 Å². The van der Waals surface area contributed by atoms with Crippen LogP contribution < -0.4 is 10.5 Å². The van der Waals surface area contributed by atoms with Crippen molar-refractivity contribution in [2.45, 2.75) is 32.4 Å². The highest BCUT2D eigenvalue weighted by atomic mass is 16.5. The van der Waals surface area contributed by atoms with Crippen LogP contribution in [0.15, 0.2) is 24.3 Å². The minimum atomic E-state index is 0.0655. The number of ether oxygens (including phenoxy) is 2. The molecule has 2 atom stereocenters. The van der Waals surface area contributed by atoms with Crippen LogP contribution in [0.4, 0.5) is 0 Å². The smallest absolute Gasteiger partial charge is 0.119 e. The maximum atomic E-state index is 5.93. The Morgan fingerprint density at radius 3 is 2.38 bits per heavy atom. The Kier molecular flexibility index (Phi) is 5.29. The lowest BCUT2D eigenvalue weighted by molar-refractivity contribution is 0.0921. The molecule has 90 valence electrons. The quantitative estimate of drug-likeness (QED) is 0.806. The molecule has 0 aliphatic rings. The van der Waals surface area contributed by atoms with E-state index in [0.717, 1.165) is 17.7 Å².